The summed E-state index contributed by atoms with van der Waals surface area (Å²) in [4.78, 5) is 30.3. The Morgan fingerprint density at radius 3 is 2.32 bits per heavy atom. The van der Waals surface area contributed by atoms with E-state index >= 15 is 0 Å². The molecule has 0 bridgehead atoms. The average Bonchev–Trinajstić information content (AvgIpc) is 2.54. The maximum Gasteiger partial charge on any atom is 0.433 e. The van der Waals surface area contributed by atoms with Gasteiger partial charge < -0.3 is 15.1 Å². The molecule has 0 radical (unpaired) electrons. The molecule has 0 aliphatic carbocycles. The second-order valence-electron chi connectivity index (χ2n) is 5.22. The number of carbonyl (C=O) groups excluding carboxylic acids is 2. The molecule has 142 valence electrons. The molecular formula is C14H19Cl2F3N4O2. The number of piperazine rings is 1. The van der Waals surface area contributed by atoms with Gasteiger partial charge in [0.1, 0.15) is 5.69 Å². The molecule has 6 nitrogen and oxygen atoms in total. The van der Waals surface area contributed by atoms with Gasteiger partial charge in [-0.1, -0.05) is 0 Å². The first-order valence-corrected chi connectivity index (χ1v) is 7.06. The number of likely N-dealkylation sites (N-methyl/N-ethyl adjacent to an activating group) is 1. The van der Waals surface area contributed by atoms with Crippen LogP contribution in [0.5, 0.6) is 0 Å². The molecule has 0 atom stereocenters. The van der Waals surface area contributed by atoms with Crippen LogP contribution in [0.2, 0.25) is 0 Å². The zero-order chi connectivity index (χ0) is 17.0. The van der Waals surface area contributed by atoms with Crippen LogP contribution in [0.4, 0.5) is 13.2 Å². The Morgan fingerprint density at radius 1 is 1.24 bits per heavy atom. The lowest BCUT2D eigenvalue weighted by molar-refractivity contribution is -0.141. The molecule has 1 aliphatic rings. The quantitative estimate of drug-likeness (QED) is 0.830. The standard InChI is InChI=1S/C14H17F3N4O2.2ClH/c1-20(9-12(22)21-6-4-18-5-7-21)13(23)10-2-3-11(19-8-10)14(15,16)17;;/h2-3,8,18H,4-7,9H2,1H3;2*1H. The van der Waals surface area contributed by atoms with Crippen LogP contribution >= 0.6 is 24.8 Å². The molecule has 0 spiro atoms. The Labute approximate surface area is 155 Å². The summed E-state index contributed by atoms with van der Waals surface area (Å²) in [6.07, 6.45) is -3.68. The third kappa shape index (κ3) is 6.33. The SMILES string of the molecule is CN(CC(=O)N1CCNCC1)C(=O)c1ccc(C(F)(F)F)nc1.Cl.Cl. The maximum atomic E-state index is 12.4. The predicted molar refractivity (Wildman–Crippen MR) is 90.1 cm³/mol. The number of nitrogens with zero attached hydrogens (tertiary/aromatic N) is 3. The minimum atomic E-state index is -4.55. The molecule has 0 aromatic carbocycles. The smallest absolute Gasteiger partial charge is 0.339 e. The van der Waals surface area contributed by atoms with Crippen molar-refractivity contribution in [1.29, 1.82) is 0 Å². The minimum Gasteiger partial charge on any atom is -0.339 e. The number of rotatable bonds is 3. The predicted octanol–water partition coefficient (Wildman–Crippen LogP) is 1.45. The van der Waals surface area contributed by atoms with Gasteiger partial charge in [0.15, 0.2) is 0 Å². The van der Waals surface area contributed by atoms with E-state index in [1.54, 1.807) is 4.90 Å². The highest BCUT2D eigenvalue weighted by Gasteiger charge is 2.32. The first-order valence-electron chi connectivity index (χ1n) is 7.06. The molecule has 1 N–H and O–H groups in total. The van der Waals surface area contributed by atoms with Crippen LogP contribution in [0.15, 0.2) is 18.3 Å². The molecule has 1 aromatic heterocycles. The van der Waals surface area contributed by atoms with E-state index in [0.29, 0.717) is 26.2 Å². The number of amides is 2. The summed E-state index contributed by atoms with van der Waals surface area (Å²) in [5, 5.41) is 3.11. The fourth-order valence-corrected chi connectivity index (χ4v) is 2.20. The van der Waals surface area contributed by atoms with Gasteiger partial charge in [0.2, 0.25) is 5.91 Å². The second kappa shape index (κ2) is 9.79. The molecule has 1 saturated heterocycles. The Kier molecular flexibility index (Phi) is 9.17. The highest BCUT2D eigenvalue weighted by atomic mass is 35.5. The van der Waals surface area contributed by atoms with Crippen molar-refractivity contribution in [1.82, 2.24) is 20.1 Å². The largest absolute Gasteiger partial charge is 0.433 e. The van der Waals surface area contributed by atoms with Crippen LogP contribution in [-0.4, -0.2) is 66.4 Å². The van der Waals surface area contributed by atoms with Gasteiger partial charge in [-0.15, -0.1) is 24.8 Å². The summed E-state index contributed by atoms with van der Waals surface area (Å²) in [5.74, 6) is -0.739. The number of nitrogens with one attached hydrogen (secondary N) is 1. The molecule has 2 amide bonds. The van der Waals surface area contributed by atoms with Crippen LogP contribution in [0.1, 0.15) is 16.1 Å². The van der Waals surface area contributed by atoms with E-state index in [1.165, 1.54) is 11.9 Å². The Balaban J connectivity index is 0.00000288. The molecule has 1 fully saturated rings. The van der Waals surface area contributed by atoms with Crippen molar-refractivity contribution < 1.29 is 22.8 Å². The Bertz CT molecular complexity index is 578. The van der Waals surface area contributed by atoms with E-state index in [-0.39, 0.29) is 42.8 Å². The van der Waals surface area contributed by atoms with Crippen molar-refractivity contribution in [3.05, 3.63) is 29.6 Å². The fourth-order valence-electron chi connectivity index (χ4n) is 2.20. The summed E-state index contributed by atoms with van der Waals surface area (Å²) in [6.45, 7) is 2.42. The Morgan fingerprint density at radius 2 is 1.84 bits per heavy atom. The number of alkyl halides is 3. The molecule has 1 aliphatic heterocycles. The van der Waals surface area contributed by atoms with Gasteiger partial charge in [0.05, 0.1) is 12.1 Å². The van der Waals surface area contributed by atoms with E-state index in [4.69, 9.17) is 0 Å². The molecule has 11 heteroatoms. The van der Waals surface area contributed by atoms with Crippen molar-refractivity contribution in [3.63, 3.8) is 0 Å². The first-order chi connectivity index (χ1) is 10.8. The number of pyridine rings is 1. The van der Waals surface area contributed by atoms with E-state index in [9.17, 15) is 22.8 Å². The zero-order valence-corrected chi connectivity index (χ0v) is 15.0. The summed E-state index contributed by atoms with van der Waals surface area (Å²) >= 11 is 0. The summed E-state index contributed by atoms with van der Waals surface area (Å²) < 4.78 is 37.3. The maximum absolute atomic E-state index is 12.4. The fraction of sp³-hybridized carbons (Fsp3) is 0.500. The molecular weight excluding hydrogens is 384 g/mol. The van der Waals surface area contributed by atoms with Gasteiger partial charge in [-0.2, -0.15) is 13.2 Å². The van der Waals surface area contributed by atoms with Crippen LogP contribution in [0, 0.1) is 0 Å². The van der Waals surface area contributed by atoms with Gasteiger partial charge in [0.25, 0.3) is 5.91 Å². The van der Waals surface area contributed by atoms with E-state index in [1.807, 2.05) is 0 Å². The highest BCUT2D eigenvalue weighted by Crippen LogP contribution is 2.27. The average molecular weight is 403 g/mol. The van der Waals surface area contributed by atoms with E-state index in [2.05, 4.69) is 10.3 Å². The molecule has 2 heterocycles. The monoisotopic (exact) mass is 402 g/mol. The van der Waals surface area contributed by atoms with Gasteiger partial charge in [-0.25, -0.2) is 0 Å². The summed E-state index contributed by atoms with van der Waals surface area (Å²) in [5.41, 5.74) is -1.05. The number of hydrogen-bond acceptors (Lipinski definition) is 4. The zero-order valence-electron chi connectivity index (χ0n) is 13.4. The van der Waals surface area contributed by atoms with Crippen LogP contribution in [-0.2, 0) is 11.0 Å². The lowest BCUT2D eigenvalue weighted by atomic mass is 10.2. The van der Waals surface area contributed by atoms with Gasteiger partial charge in [-0.3, -0.25) is 14.6 Å². The van der Waals surface area contributed by atoms with E-state index < -0.39 is 17.8 Å². The second-order valence-corrected chi connectivity index (χ2v) is 5.22. The van der Waals surface area contributed by atoms with Crippen LogP contribution < -0.4 is 5.32 Å². The van der Waals surface area contributed by atoms with Crippen molar-refractivity contribution >= 4 is 36.6 Å². The summed E-state index contributed by atoms with van der Waals surface area (Å²) in [7, 11) is 1.43. The molecule has 2 rings (SSSR count). The number of carbonyl (C=O) groups is 2. The number of halogens is 5. The molecule has 0 unspecified atom stereocenters. The molecule has 25 heavy (non-hydrogen) atoms. The number of aromatic nitrogens is 1. The first kappa shape index (κ1) is 23.4. The van der Waals surface area contributed by atoms with Crippen molar-refractivity contribution in [2.24, 2.45) is 0 Å². The molecule has 1 aromatic rings. The van der Waals surface area contributed by atoms with Crippen molar-refractivity contribution in [2.45, 2.75) is 6.18 Å². The van der Waals surface area contributed by atoms with Gasteiger partial charge >= 0.3 is 6.18 Å². The van der Waals surface area contributed by atoms with Crippen molar-refractivity contribution in [2.75, 3.05) is 39.8 Å². The number of hydrogen-bond donors (Lipinski definition) is 1. The Hall–Kier alpha value is -1.58. The third-order valence-electron chi connectivity index (χ3n) is 3.49. The normalized spacial score (nSPS) is 14.2. The topological polar surface area (TPSA) is 65.5 Å². The lowest BCUT2D eigenvalue weighted by Gasteiger charge is -2.29. The van der Waals surface area contributed by atoms with Gasteiger partial charge in [-0.05, 0) is 12.1 Å². The van der Waals surface area contributed by atoms with Gasteiger partial charge in [0, 0.05) is 39.4 Å². The third-order valence-corrected chi connectivity index (χ3v) is 3.49. The van der Waals surface area contributed by atoms with Crippen LogP contribution in [0.25, 0.3) is 0 Å². The highest BCUT2D eigenvalue weighted by molar-refractivity contribution is 5.96. The minimum absolute atomic E-state index is 0. The van der Waals surface area contributed by atoms with Crippen LogP contribution in [0.3, 0.4) is 0 Å². The van der Waals surface area contributed by atoms with Crippen molar-refractivity contribution in [3.8, 4) is 0 Å². The lowest BCUT2D eigenvalue weighted by Crippen LogP contribution is -2.49. The van der Waals surface area contributed by atoms with E-state index in [0.717, 1.165) is 18.3 Å². The molecule has 0 saturated carbocycles. The summed E-state index contributed by atoms with van der Waals surface area (Å²) in [6, 6.07) is 1.81.